The largest absolute Gasteiger partial charge is 0.356 e. The van der Waals surface area contributed by atoms with Gasteiger partial charge in [-0.15, -0.1) is 0 Å². The number of hydrogen-bond acceptors (Lipinski definition) is 5. The summed E-state index contributed by atoms with van der Waals surface area (Å²) in [6.45, 7) is 7.63. The molecule has 2 aromatic heterocycles. The number of anilines is 1. The number of aryl methyl sites for hydroxylation is 1. The molecule has 0 saturated heterocycles. The molecule has 0 aliphatic heterocycles. The van der Waals surface area contributed by atoms with Gasteiger partial charge in [0.1, 0.15) is 17.3 Å². The van der Waals surface area contributed by atoms with Crippen molar-refractivity contribution in [3.63, 3.8) is 0 Å². The lowest BCUT2D eigenvalue weighted by Gasteiger charge is -2.23. The highest BCUT2D eigenvalue weighted by atomic mass is 35.5. The molecular weight excluding hydrogens is 453 g/mol. The number of nitrogens with zero attached hydrogens (tertiary/aromatic N) is 5. The molecular formula is C19H22Cl3N5OS. The topological polar surface area (TPSA) is 63.9 Å². The van der Waals surface area contributed by atoms with E-state index in [1.54, 1.807) is 23.1 Å². The zero-order chi connectivity index (χ0) is 21.3. The molecule has 0 amide bonds. The summed E-state index contributed by atoms with van der Waals surface area (Å²) >= 11 is 18.9. The van der Waals surface area contributed by atoms with Gasteiger partial charge < -0.3 is 4.90 Å². The van der Waals surface area contributed by atoms with Crippen LogP contribution in [0.25, 0.3) is 16.7 Å². The lowest BCUT2D eigenvalue weighted by molar-refractivity contribution is 0.682. The number of fused-ring (bicyclic) bond motifs is 1. The van der Waals surface area contributed by atoms with Crippen molar-refractivity contribution >= 4 is 62.5 Å². The van der Waals surface area contributed by atoms with Crippen molar-refractivity contribution in [2.45, 2.75) is 38.6 Å². The standard InChI is InChI=1S/C19H22Cl3N5OS/c1-5-7-8-26(6-2)17-15-18(24-11(3)23-17)27(25-19(15)29(4)28)16-13(21)9-12(20)10-14(16)22/h9-10H,5-8H2,1-4H3. The van der Waals surface area contributed by atoms with Crippen LogP contribution in [-0.4, -0.2) is 43.3 Å². The predicted molar refractivity (Wildman–Crippen MR) is 122 cm³/mol. The fourth-order valence-electron chi connectivity index (χ4n) is 3.16. The number of hydrogen-bond donors (Lipinski definition) is 0. The number of aromatic nitrogens is 4. The number of benzene rings is 1. The maximum absolute atomic E-state index is 12.6. The van der Waals surface area contributed by atoms with Gasteiger partial charge in [-0.1, -0.05) is 48.1 Å². The Hall–Kier alpha value is -1.41. The molecule has 0 radical (unpaired) electrons. The molecule has 1 aromatic carbocycles. The van der Waals surface area contributed by atoms with Crippen molar-refractivity contribution in [2.24, 2.45) is 0 Å². The normalized spacial score (nSPS) is 12.5. The van der Waals surface area contributed by atoms with E-state index < -0.39 is 10.8 Å². The van der Waals surface area contributed by atoms with Gasteiger partial charge in [0.2, 0.25) is 0 Å². The van der Waals surface area contributed by atoms with Crippen LogP contribution in [0.3, 0.4) is 0 Å². The molecule has 2 heterocycles. The zero-order valence-electron chi connectivity index (χ0n) is 16.7. The van der Waals surface area contributed by atoms with Crippen LogP contribution in [0.1, 0.15) is 32.5 Å². The Labute approximate surface area is 187 Å². The Morgan fingerprint density at radius 3 is 2.34 bits per heavy atom. The molecule has 29 heavy (non-hydrogen) atoms. The lowest BCUT2D eigenvalue weighted by Crippen LogP contribution is -2.25. The van der Waals surface area contributed by atoms with Crippen LogP contribution in [0.5, 0.6) is 0 Å². The third kappa shape index (κ3) is 4.38. The second-order valence-corrected chi connectivity index (χ2v) is 9.16. The Morgan fingerprint density at radius 2 is 1.79 bits per heavy atom. The van der Waals surface area contributed by atoms with E-state index in [2.05, 4.69) is 33.8 Å². The van der Waals surface area contributed by atoms with Crippen LogP contribution < -0.4 is 4.90 Å². The fraction of sp³-hybridized carbons (Fsp3) is 0.421. The van der Waals surface area contributed by atoms with Crippen LogP contribution in [0, 0.1) is 6.92 Å². The first kappa shape index (κ1) is 22.3. The Balaban J connectivity index is 2.37. The highest BCUT2D eigenvalue weighted by Gasteiger charge is 2.25. The number of halogens is 3. The van der Waals surface area contributed by atoms with Crippen LogP contribution >= 0.6 is 34.8 Å². The minimum atomic E-state index is -1.37. The molecule has 0 saturated carbocycles. The third-order valence-electron chi connectivity index (χ3n) is 4.52. The molecule has 3 rings (SSSR count). The van der Waals surface area contributed by atoms with Gasteiger partial charge in [0.25, 0.3) is 0 Å². The first-order valence-electron chi connectivity index (χ1n) is 9.29. The molecule has 10 heteroatoms. The van der Waals surface area contributed by atoms with E-state index in [1.165, 1.54) is 0 Å². The second-order valence-electron chi connectivity index (χ2n) is 6.62. The molecule has 0 fully saturated rings. The van der Waals surface area contributed by atoms with Gasteiger partial charge in [0.15, 0.2) is 10.7 Å². The SMILES string of the molecule is CCCCN(CC)c1nc(C)nc2c1c(S(C)=O)nn2-c1c(Cl)cc(Cl)cc1Cl. The Bertz CT molecular complexity index is 1060. The van der Waals surface area contributed by atoms with E-state index in [1.807, 2.05) is 6.92 Å². The average molecular weight is 475 g/mol. The van der Waals surface area contributed by atoms with Gasteiger partial charge >= 0.3 is 0 Å². The maximum atomic E-state index is 12.6. The summed E-state index contributed by atoms with van der Waals surface area (Å²) in [5.74, 6) is 1.30. The summed E-state index contributed by atoms with van der Waals surface area (Å²) in [5.41, 5.74) is 0.957. The van der Waals surface area contributed by atoms with E-state index in [-0.39, 0.29) is 0 Å². The van der Waals surface area contributed by atoms with E-state index in [0.29, 0.717) is 42.6 Å². The summed E-state index contributed by atoms with van der Waals surface area (Å²) in [5, 5.41) is 6.71. The molecule has 156 valence electrons. The van der Waals surface area contributed by atoms with Crippen molar-refractivity contribution in [1.82, 2.24) is 19.7 Å². The number of rotatable bonds is 7. The molecule has 6 nitrogen and oxygen atoms in total. The Kier molecular flexibility index (Phi) is 7.04. The smallest absolute Gasteiger partial charge is 0.170 e. The van der Waals surface area contributed by atoms with Crippen molar-refractivity contribution in [1.29, 1.82) is 0 Å². The first-order valence-corrected chi connectivity index (χ1v) is 12.0. The van der Waals surface area contributed by atoms with Gasteiger partial charge in [-0.05, 0) is 32.4 Å². The van der Waals surface area contributed by atoms with Gasteiger partial charge in [-0.3, -0.25) is 4.21 Å². The second kappa shape index (κ2) is 9.16. The molecule has 0 N–H and O–H groups in total. The highest BCUT2D eigenvalue weighted by Crippen LogP contribution is 2.36. The molecule has 1 unspecified atom stereocenters. The maximum Gasteiger partial charge on any atom is 0.170 e. The van der Waals surface area contributed by atoms with Gasteiger partial charge in [-0.2, -0.15) is 5.10 Å². The monoisotopic (exact) mass is 473 g/mol. The summed E-state index contributed by atoms with van der Waals surface area (Å²) in [4.78, 5) is 11.4. The highest BCUT2D eigenvalue weighted by molar-refractivity contribution is 7.84. The zero-order valence-corrected chi connectivity index (χ0v) is 19.8. The molecule has 0 spiro atoms. The van der Waals surface area contributed by atoms with Crippen LogP contribution in [0.4, 0.5) is 5.82 Å². The molecule has 3 aromatic rings. The van der Waals surface area contributed by atoms with Crippen LogP contribution in [0.2, 0.25) is 15.1 Å². The van der Waals surface area contributed by atoms with Crippen molar-refractivity contribution < 1.29 is 4.21 Å². The fourth-order valence-corrected chi connectivity index (χ4v) is 4.81. The van der Waals surface area contributed by atoms with E-state index >= 15 is 0 Å². The quantitative estimate of drug-likeness (QED) is 0.456. The summed E-state index contributed by atoms with van der Waals surface area (Å²) in [6.07, 6.45) is 3.67. The lowest BCUT2D eigenvalue weighted by atomic mass is 10.2. The van der Waals surface area contributed by atoms with Crippen molar-refractivity contribution in [3.8, 4) is 5.69 Å². The Morgan fingerprint density at radius 1 is 1.14 bits per heavy atom. The van der Waals surface area contributed by atoms with E-state index in [4.69, 9.17) is 34.8 Å². The van der Waals surface area contributed by atoms with E-state index in [9.17, 15) is 4.21 Å². The van der Waals surface area contributed by atoms with Gasteiger partial charge in [0, 0.05) is 24.4 Å². The predicted octanol–water partition coefficient (Wildman–Crippen LogP) is 5.45. The summed E-state index contributed by atoms with van der Waals surface area (Å²) < 4.78 is 14.1. The number of unbranched alkanes of at least 4 members (excludes halogenated alkanes) is 1. The van der Waals surface area contributed by atoms with Crippen LogP contribution in [0.15, 0.2) is 17.2 Å². The van der Waals surface area contributed by atoms with Gasteiger partial charge in [0.05, 0.1) is 26.2 Å². The average Bonchev–Trinajstić information content (AvgIpc) is 3.01. The third-order valence-corrected chi connectivity index (χ3v) is 6.14. The van der Waals surface area contributed by atoms with E-state index in [0.717, 1.165) is 31.7 Å². The molecule has 0 bridgehead atoms. The van der Waals surface area contributed by atoms with Crippen molar-refractivity contribution in [3.05, 3.63) is 33.0 Å². The van der Waals surface area contributed by atoms with Gasteiger partial charge in [-0.25, -0.2) is 14.6 Å². The molecule has 0 aliphatic rings. The summed E-state index contributed by atoms with van der Waals surface area (Å²) in [6, 6.07) is 3.18. The summed E-state index contributed by atoms with van der Waals surface area (Å²) in [7, 11) is -1.37. The minimum Gasteiger partial charge on any atom is -0.356 e. The molecule has 0 aliphatic carbocycles. The van der Waals surface area contributed by atoms with Crippen LogP contribution in [-0.2, 0) is 10.8 Å². The minimum absolute atomic E-state index is 0.330. The molecule has 1 atom stereocenters. The van der Waals surface area contributed by atoms with Crippen molar-refractivity contribution in [2.75, 3.05) is 24.2 Å². The first-order chi connectivity index (χ1) is 13.8.